The molecular weight excluding hydrogens is 363 g/mol. The topological polar surface area (TPSA) is 73.6 Å². The molecule has 0 bridgehead atoms. The molecule has 2 rings (SSSR count). The number of carbonyl (C=O) groups excluding carboxylic acids is 1. The van der Waals surface area contributed by atoms with Crippen LogP contribution in [-0.2, 0) is 11.4 Å². The van der Waals surface area contributed by atoms with Crippen LogP contribution >= 0.6 is 23.2 Å². The van der Waals surface area contributed by atoms with E-state index in [9.17, 15) is 4.79 Å². The maximum Gasteiger partial charge on any atom is 0.257 e. The van der Waals surface area contributed by atoms with E-state index in [4.69, 9.17) is 38.5 Å². The highest BCUT2D eigenvalue weighted by Gasteiger charge is 2.12. The zero-order valence-corrected chi connectivity index (χ0v) is 15.1. The second-order valence-corrected chi connectivity index (χ2v) is 5.86. The number of amides is 1. The monoisotopic (exact) mass is 380 g/mol. The minimum Gasteiger partial charge on any atom is -0.490 e. The van der Waals surface area contributed by atoms with Crippen molar-refractivity contribution in [3.8, 4) is 11.5 Å². The normalized spacial score (nSPS) is 10.7. The van der Waals surface area contributed by atoms with Gasteiger partial charge in [0.2, 0.25) is 0 Å². The van der Waals surface area contributed by atoms with Gasteiger partial charge in [-0.1, -0.05) is 35.3 Å². The molecule has 0 radical (unpaired) electrons. The number of benzene rings is 2. The van der Waals surface area contributed by atoms with Crippen molar-refractivity contribution in [2.24, 2.45) is 5.84 Å². The molecule has 2 aromatic carbocycles. The number of hydrogen-bond donors (Lipinski definition) is 2. The number of nitrogens with two attached hydrogens (primary N) is 1. The number of halogens is 2. The van der Waals surface area contributed by atoms with Crippen LogP contribution in [0.4, 0.5) is 0 Å². The standard InChI is InChI=1S/C18H18Cl2N2O3/c1-2-24-16-10-13(5-8-17(23)22-21)9-15(20)18(16)25-11-12-3-6-14(19)7-4-12/h3-10H,2,11,21H2,1H3,(H,22,23)/b8-5+. The SMILES string of the molecule is CCOc1cc(/C=C/C(=O)NN)cc(Cl)c1OCc1ccc(Cl)cc1. The number of nitrogens with one attached hydrogen (secondary N) is 1. The van der Waals surface area contributed by atoms with Gasteiger partial charge in [-0.15, -0.1) is 0 Å². The third-order valence-corrected chi connectivity index (χ3v) is 3.73. The van der Waals surface area contributed by atoms with E-state index < -0.39 is 5.91 Å². The van der Waals surface area contributed by atoms with E-state index in [0.29, 0.717) is 40.3 Å². The van der Waals surface area contributed by atoms with E-state index in [-0.39, 0.29) is 0 Å². The quantitative estimate of drug-likeness (QED) is 0.329. The van der Waals surface area contributed by atoms with Gasteiger partial charge in [0.1, 0.15) is 6.61 Å². The molecular formula is C18H18Cl2N2O3. The van der Waals surface area contributed by atoms with Gasteiger partial charge in [0, 0.05) is 11.1 Å². The molecule has 0 aromatic heterocycles. The molecule has 0 aliphatic heterocycles. The summed E-state index contributed by atoms with van der Waals surface area (Å²) in [5.74, 6) is 5.56. The van der Waals surface area contributed by atoms with Crippen LogP contribution in [0.3, 0.4) is 0 Å². The molecule has 5 nitrogen and oxygen atoms in total. The lowest BCUT2D eigenvalue weighted by atomic mass is 10.1. The fourth-order valence-electron chi connectivity index (χ4n) is 2.04. The molecule has 0 aliphatic carbocycles. The van der Waals surface area contributed by atoms with Crippen molar-refractivity contribution >= 4 is 35.2 Å². The molecule has 0 saturated carbocycles. The number of hydrogen-bond acceptors (Lipinski definition) is 4. The largest absolute Gasteiger partial charge is 0.490 e. The molecule has 0 spiro atoms. The van der Waals surface area contributed by atoms with Crippen molar-refractivity contribution < 1.29 is 14.3 Å². The summed E-state index contributed by atoms with van der Waals surface area (Å²) >= 11 is 12.2. The van der Waals surface area contributed by atoms with Gasteiger partial charge in [-0.25, -0.2) is 5.84 Å². The first kappa shape index (κ1) is 19.1. The Labute approximate surface area is 156 Å². The molecule has 3 N–H and O–H groups in total. The fourth-order valence-corrected chi connectivity index (χ4v) is 2.44. The summed E-state index contributed by atoms with van der Waals surface area (Å²) in [5, 5.41) is 1.04. The average molecular weight is 381 g/mol. The van der Waals surface area contributed by atoms with Gasteiger partial charge in [-0.3, -0.25) is 10.2 Å². The number of hydrazine groups is 1. The maximum absolute atomic E-state index is 11.2. The Hall–Kier alpha value is -2.21. The van der Waals surface area contributed by atoms with Gasteiger partial charge in [0.05, 0.1) is 11.6 Å². The molecule has 0 unspecified atom stereocenters. The van der Waals surface area contributed by atoms with Gasteiger partial charge >= 0.3 is 0 Å². The van der Waals surface area contributed by atoms with Gasteiger partial charge in [-0.2, -0.15) is 0 Å². The Morgan fingerprint density at radius 3 is 2.56 bits per heavy atom. The van der Waals surface area contributed by atoms with Crippen LogP contribution in [0, 0.1) is 0 Å². The summed E-state index contributed by atoms with van der Waals surface area (Å²) in [5.41, 5.74) is 3.66. The third kappa shape index (κ3) is 5.67. The molecule has 25 heavy (non-hydrogen) atoms. The van der Waals surface area contributed by atoms with Crippen molar-refractivity contribution in [1.29, 1.82) is 0 Å². The van der Waals surface area contributed by atoms with Crippen molar-refractivity contribution in [1.82, 2.24) is 5.43 Å². The van der Waals surface area contributed by atoms with E-state index in [2.05, 4.69) is 0 Å². The third-order valence-electron chi connectivity index (χ3n) is 3.20. The highest BCUT2D eigenvalue weighted by Crippen LogP contribution is 2.37. The zero-order valence-electron chi connectivity index (χ0n) is 13.6. The second kappa shape index (κ2) is 9.32. The fraction of sp³-hybridized carbons (Fsp3) is 0.167. The molecule has 2 aromatic rings. The Bertz CT molecular complexity index is 762. The van der Waals surface area contributed by atoms with Crippen LogP contribution in [0.25, 0.3) is 6.08 Å². The Kier molecular flexibility index (Phi) is 7.13. The van der Waals surface area contributed by atoms with Gasteiger partial charge in [0.25, 0.3) is 5.91 Å². The molecule has 132 valence electrons. The Morgan fingerprint density at radius 2 is 1.92 bits per heavy atom. The zero-order chi connectivity index (χ0) is 18.2. The summed E-state index contributed by atoms with van der Waals surface area (Å²) in [6.07, 6.45) is 2.88. The van der Waals surface area contributed by atoms with Crippen LogP contribution in [0.2, 0.25) is 10.0 Å². The molecule has 1 amide bonds. The molecule has 0 fully saturated rings. The van der Waals surface area contributed by atoms with E-state index >= 15 is 0 Å². The van der Waals surface area contributed by atoms with Gasteiger partial charge < -0.3 is 9.47 Å². The van der Waals surface area contributed by atoms with Crippen LogP contribution in [-0.4, -0.2) is 12.5 Å². The maximum atomic E-state index is 11.2. The van der Waals surface area contributed by atoms with E-state index in [0.717, 1.165) is 5.56 Å². The molecule has 0 atom stereocenters. The lowest BCUT2D eigenvalue weighted by Crippen LogP contribution is -2.27. The van der Waals surface area contributed by atoms with Crippen LogP contribution in [0.15, 0.2) is 42.5 Å². The molecule has 0 saturated heterocycles. The summed E-state index contributed by atoms with van der Waals surface area (Å²) < 4.78 is 11.4. The Morgan fingerprint density at radius 1 is 1.20 bits per heavy atom. The highest BCUT2D eigenvalue weighted by molar-refractivity contribution is 6.32. The predicted octanol–water partition coefficient (Wildman–Crippen LogP) is 3.97. The van der Waals surface area contributed by atoms with Crippen LogP contribution in [0.1, 0.15) is 18.1 Å². The second-order valence-electron chi connectivity index (χ2n) is 5.02. The minimum atomic E-state index is -0.419. The van der Waals surface area contributed by atoms with Crippen LogP contribution < -0.4 is 20.7 Å². The van der Waals surface area contributed by atoms with E-state index in [1.165, 1.54) is 6.08 Å². The molecule has 7 heteroatoms. The molecule has 0 heterocycles. The van der Waals surface area contributed by atoms with Crippen LogP contribution in [0.5, 0.6) is 11.5 Å². The summed E-state index contributed by atoms with van der Waals surface area (Å²) in [7, 11) is 0. The van der Waals surface area contributed by atoms with Gasteiger partial charge in [-0.05, 0) is 48.4 Å². The van der Waals surface area contributed by atoms with Gasteiger partial charge in [0.15, 0.2) is 11.5 Å². The van der Waals surface area contributed by atoms with Crippen molar-refractivity contribution in [2.45, 2.75) is 13.5 Å². The van der Waals surface area contributed by atoms with Crippen molar-refractivity contribution in [3.63, 3.8) is 0 Å². The first-order chi connectivity index (χ1) is 12.0. The van der Waals surface area contributed by atoms with E-state index in [1.54, 1.807) is 30.3 Å². The summed E-state index contributed by atoms with van der Waals surface area (Å²) in [6.45, 7) is 2.63. The molecule has 0 aliphatic rings. The number of rotatable bonds is 7. The summed E-state index contributed by atoms with van der Waals surface area (Å²) in [4.78, 5) is 11.2. The summed E-state index contributed by atoms with van der Waals surface area (Å²) in [6, 6.07) is 10.8. The highest BCUT2D eigenvalue weighted by atomic mass is 35.5. The first-order valence-electron chi connectivity index (χ1n) is 7.55. The number of ether oxygens (including phenoxy) is 2. The Balaban J connectivity index is 2.22. The van der Waals surface area contributed by atoms with Crippen molar-refractivity contribution in [2.75, 3.05) is 6.61 Å². The smallest absolute Gasteiger partial charge is 0.257 e. The minimum absolute atomic E-state index is 0.321. The average Bonchev–Trinajstić information content (AvgIpc) is 2.60. The van der Waals surface area contributed by atoms with Crippen molar-refractivity contribution in [3.05, 3.63) is 63.6 Å². The number of carbonyl (C=O) groups is 1. The first-order valence-corrected chi connectivity index (χ1v) is 8.31. The lowest BCUT2D eigenvalue weighted by molar-refractivity contribution is -0.116. The lowest BCUT2D eigenvalue weighted by Gasteiger charge is -2.14. The van der Waals surface area contributed by atoms with E-state index in [1.807, 2.05) is 24.5 Å². The predicted molar refractivity (Wildman–Crippen MR) is 99.8 cm³/mol.